The zero-order valence-corrected chi connectivity index (χ0v) is 18.4. The summed E-state index contributed by atoms with van der Waals surface area (Å²) in [5.41, 5.74) is 2.09. The highest BCUT2D eigenvalue weighted by molar-refractivity contribution is 8.16. The van der Waals surface area contributed by atoms with Crippen LogP contribution in [0.3, 0.4) is 0 Å². The molecule has 164 valence electrons. The zero-order chi connectivity index (χ0) is 21.8. The number of rotatable bonds is 6. The molecule has 3 aliphatic heterocycles. The number of allylic oxidation sites excluding steroid dienone is 1. The number of hydrogen-bond donors (Lipinski definition) is 0. The first kappa shape index (κ1) is 21.5. The lowest BCUT2D eigenvalue weighted by atomic mass is 9.95. The Balaban J connectivity index is 1.50. The van der Waals surface area contributed by atoms with Crippen LogP contribution >= 0.6 is 11.8 Å². The summed E-state index contributed by atoms with van der Waals surface area (Å²) in [7, 11) is 0. The van der Waals surface area contributed by atoms with Crippen LogP contribution in [0.1, 0.15) is 25.5 Å². The van der Waals surface area contributed by atoms with Crippen LogP contribution in [0.25, 0.3) is 0 Å². The highest BCUT2D eigenvalue weighted by atomic mass is 32.2. The summed E-state index contributed by atoms with van der Waals surface area (Å²) < 4.78 is 16.3. The maximum absolute atomic E-state index is 12.7. The summed E-state index contributed by atoms with van der Waals surface area (Å²) in [5.74, 6) is 0.178. The minimum atomic E-state index is -0.366. The second kappa shape index (κ2) is 9.57. The largest absolute Gasteiger partial charge is 0.484 e. The van der Waals surface area contributed by atoms with E-state index < -0.39 is 0 Å². The molecule has 3 heterocycles. The lowest BCUT2D eigenvalue weighted by Crippen LogP contribution is -2.42. The average Bonchev–Trinajstić information content (AvgIpc) is 3.25. The van der Waals surface area contributed by atoms with Crippen LogP contribution in [0.4, 0.5) is 0 Å². The Morgan fingerprint density at radius 1 is 1.23 bits per heavy atom. The van der Waals surface area contributed by atoms with E-state index in [2.05, 4.69) is 4.99 Å². The van der Waals surface area contributed by atoms with E-state index in [1.54, 1.807) is 11.8 Å². The first-order valence-electron chi connectivity index (χ1n) is 10.2. The van der Waals surface area contributed by atoms with Crippen molar-refractivity contribution in [3.63, 3.8) is 0 Å². The second-order valence-corrected chi connectivity index (χ2v) is 8.05. The SMILES string of the molecule is CCOC(=O)C1=C(C)N=C2SC=CN2[C@@H]1c1ccc(OCC(=O)N2CCOCC2)cc1. The third-order valence-corrected chi connectivity index (χ3v) is 6.01. The van der Waals surface area contributed by atoms with Gasteiger partial charge >= 0.3 is 5.97 Å². The van der Waals surface area contributed by atoms with Gasteiger partial charge in [0.1, 0.15) is 5.75 Å². The molecule has 0 spiro atoms. The Morgan fingerprint density at radius 2 is 1.97 bits per heavy atom. The molecule has 0 radical (unpaired) electrons. The van der Waals surface area contributed by atoms with Crippen LogP contribution < -0.4 is 4.74 Å². The van der Waals surface area contributed by atoms with Crippen LogP contribution in [-0.2, 0) is 19.1 Å². The fourth-order valence-electron chi connectivity index (χ4n) is 3.69. The molecule has 9 heteroatoms. The third kappa shape index (κ3) is 4.62. The van der Waals surface area contributed by atoms with Crippen molar-refractivity contribution in [1.82, 2.24) is 9.80 Å². The van der Waals surface area contributed by atoms with Crippen molar-refractivity contribution in [2.45, 2.75) is 19.9 Å². The molecule has 0 N–H and O–H groups in total. The molecule has 4 rings (SSSR count). The van der Waals surface area contributed by atoms with Gasteiger partial charge in [-0.3, -0.25) is 4.79 Å². The number of carbonyl (C=O) groups is 2. The molecule has 1 saturated heterocycles. The average molecular weight is 444 g/mol. The Morgan fingerprint density at radius 3 is 2.68 bits per heavy atom. The summed E-state index contributed by atoms with van der Waals surface area (Å²) in [6.45, 7) is 6.21. The molecule has 0 saturated carbocycles. The number of amides is 1. The summed E-state index contributed by atoms with van der Waals surface area (Å²) in [4.78, 5) is 33.3. The highest BCUT2D eigenvalue weighted by Gasteiger charge is 2.37. The number of benzene rings is 1. The maximum atomic E-state index is 12.7. The maximum Gasteiger partial charge on any atom is 0.338 e. The van der Waals surface area contributed by atoms with E-state index in [9.17, 15) is 9.59 Å². The molecule has 0 aliphatic carbocycles. The molecule has 0 unspecified atom stereocenters. The number of morpholine rings is 1. The Bertz CT molecular complexity index is 935. The van der Waals surface area contributed by atoms with Crippen molar-refractivity contribution in [2.24, 2.45) is 4.99 Å². The van der Waals surface area contributed by atoms with Gasteiger partial charge in [0, 0.05) is 19.3 Å². The Hall–Kier alpha value is -2.78. The van der Waals surface area contributed by atoms with Gasteiger partial charge in [0.15, 0.2) is 11.8 Å². The van der Waals surface area contributed by atoms with E-state index in [0.717, 1.165) is 10.7 Å². The molecule has 0 aromatic heterocycles. The smallest absolute Gasteiger partial charge is 0.338 e. The zero-order valence-electron chi connectivity index (χ0n) is 17.6. The van der Waals surface area contributed by atoms with Crippen molar-refractivity contribution >= 4 is 28.8 Å². The fraction of sp³-hybridized carbons (Fsp3) is 0.409. The number of fused-ring (bicyclic) bond motifs is 1. The number of amidine groups is 1. The van der Waals surface area contributed by atoms with Gasteiger partial charge in [-0.15, -0.1) is 0 Å². The van der Waals surface area contributed by atoms with E-state index in [1.807, 2.05) is 47.7 Å². The van der Waals surface area contributed by atoms with Crippen LogP contribution in [-0.4, -0.2) is 66.4 Å². The van der Waals surface area contributed by atoms with E-state index in [0.29, 0.717) is 49.9 Å². The third-order valence-electron chi connectivity index (χ3n) is 5.24. The lowest BCUT2D eigenvalue weighted by Gasteiger charge is -2.33. The van der Waals surface area contributed by atoms with Crippen molar-refractivity contribution in [3.8, 4) is 5.75 Å². The minimum Gasteiger partial charge on any atom is -0.484 e. The van der Waals surface area contributed by atoms with E-state index in [4.69, 9.17) is 14.2 Å². The fourth-order valence-corrected chi connectivity index (χ4v) is 4.48. The highest BCUT2D eigenvalue weighted by Crippen LogP contribution is 2.41. The molecule has 8 nitrogen and oxygen atoms in total. The number of aliphatic imine (C=N–C) groups is 1. The molecule has 0 bridgehead atoms. The molecule has 1 aromatic rings. The van der Waals surface area contributed by atoms with Gasteiger partial charge in [-0.05, 0) is 37.0 Å². The van der Waals surface area contributed by atoms with Crippen molar-refractivity contribution in [3.05, 3.63) is 52.7 Å². The van der Waals surface area contributed by atoms with Crippen molar-refractivity contribution < 1.29 is 23.8 Å². The summed E-state index contributed by atoms with van der Waals surface area (Å²) >= 11 is 1.52. The Labute approximate surface area is 185 Å². The number of nitrogens with zero attached hydrogens (tertiary/aromatic N) is 3. The van der Waals surface area contributed by atoms with Crippen LogP contribution in [0.15, 0.2) is 52.1 Å². The van der Waals surface area contributed by atoms with Gasteiger partial charge in [0.2, 0.25) is 0 Å². The summed E-state index contributed by atoms with van der Waals surface area (Å²) in [6, 6.07) is 7.12. The van der Waals surface area contributed by atoms with Crippen molar-refractivity contribution in [1.29, 1.82) is 0 Å². The van der Waals surface area contributed by atoms with Crippen LogP contribution in [0, 0.1) is 0 Å². The molecule has 1 atom stereocenters. The first-order valence-corrected chi connectivity index (χ1v) is 11.1. The topological polar surface area (TPSA) is 80.7 Å². The van der Waals surface area contributed by atoms with Gasteiger partial charge in [-0.25, -0.2) is 9.79 Å². The molecule has 3 aliphatic rings. The molecule has 1 aromatic carbocycles. The van der Waals surface area contributed by atoms with Gasteiger partial charge < -0.3 is 24.0 Å². The molecule has 1 amide bonds. The Kier molecular flexibility index (Phi) is 6.62. The van der Waals surface area contributed by atoms with Gasteiger partial charge in [-0.1, -0.05) is 23.9 Å². The minimum absolute atomic E-state index is 0.0157. The van der Waals surface area contributed by atoms with E-state index >= 15 is 0 Å². The van der Waals surface area contributed by atoms with E-state index in [1.165, 1.54) is 11.8 Å². The van der Waals surface area contributed by atoms with Crippen LogP contribution in [0.2, 0.25) is 0 Å². The van der Waals surface area contributed by atoms with Gasteiger partial charge in [0.05, 0.1) is 37.1 Å². The second-order valence-electron chi connectivity index (χ2n) is 7.18. The molecule has 31 heavy (non-hydrogen) atoms. The van der Waals surface area contributed by atoms with Gasteiger partial charge in [0.25, 0.3) is 5.91 Å². The van der Waals surface area contributed by atoms with E-state index in [-0.39, 0.29) is 24.5 Å². The quantitative estimate of drug-likeness (QED) is 0.626. The molecular formula is C22H25N3O5S. The number of esters is 1. The normalized spacial score (nSPS) is 20.5. The monoisotopic (exact) mass is 443 g/mol. The van der Waals surface area contributed by atoms with Crippen molar-refractivity contribution in [2.75, 3.05) is 39.5 Å². The van der Waals surface area contributed by atoms with Crippen LogP contribution in [0.5, 0.6) is 5.75 Å². The lowest BCUT2D eigenvalue weighted by molar-refractivity contribution is -0.139. The summed E-state index contributed by atoms with van der Waals surface area (Å²) in [6.07, 6.45) is 1.92. The number of hydrogen-bond acceptors (Lipinski definition) is 8. The number of carbonyl (C=O) groups excluding carboxylic acids is 2. The standard InChI is InChI=1S/C22H25N3O5S/c1-3-29-21(27)19-15(2)23-22-25(10-13-31-22)20(19)16-4-6-17(7-5-16)30-14-18(26)24-8-11-28-12-9-24/h4-7,10,13,20H,3,8-9,11-12,14H2,1-2H3/t20-/m1/s1. The first-order chi connectivity index (χ1) is 15.1. The predicted octanol–water partition coefficient (Wildman–Crippen LogP) is 2.69. The summed E-state index contributed by atoms with van der Waals surface area (Å²) in [5, 5.41) is 2.77. The predicted molar refractivity (Wildman–Crippen MR) is 117 cm³/mol. The number of thioether (sulfide) groups is 1. The molecule has 1 fully saturated rings. The number of ether oxygens (including phenoxy) is 3. The molecular weight excluding hydrogens is 418 g/mol. The van der Waals surface area contributed by atoms with Gasteiger partial charge in [-0.2, -0.15) is 0 Å².